The van der Waals surface area contributed by atoms with Crippen LogP contribution in [0.15, 0.2) is 18.3 Å². The number of nitrogens with one attached hydrogen (secondary N) is 1. The first-order chi connectivity index (χ1) is 13.9. The van der Waals surface area contributed by atoms with E-state index in [1.165, 1.54) is 9.87 Å². The van der Waals surface area contributed by atoms with Gasteiger partial charge in [-0.25, -0.2) is 18.9 Å². The van der Waals surface area contributed by atoms with Crippen molar-refractivity contribution >= 4 is 21.7 Å². The number of rotatable bonds is 7. The molecule has 0 saturated carbocycles. The zero-order valence-electron chi connectivity index (χ0n) is 16.8. The number of hydrogen-bond acceptors (Lipinski definition) is 7. The van der Waals surface area contributed by atoms with Crippen LogP contribution in [0.4, 0.5) is 5.82 Å². The van der Waals surface area contributed by atoms with Crippen LogP contribution in [0.2, 0.25) is 0 Å². The van der Waals surface area contributed by atoms with E-state index in [9.17, 15) is 13.2 Å². The van der Waals surface area contributed by atoms with E-state index in [2.05, 4.69) is 22.9 Å². The monoisotopic (exact) mass is 426 g/mol. The molecule has 0 atom stereocenters. The summed E-state index contributed by atoms with van der Waals surface area (Å²) >= 11 is 0. The van der Waals surface area contributed by atoms with E-state index < -0.39 is 20.7 Å². The van der Waals surface area contributed by atoms with Crippen LogP contribution < -0.4 is 10.4 Å². The molecule has 0 aliphatic carbocycles. The maximum Gasteiger partial charge on any atom is 0.266 e. The largest absolute Gasteiger partial charge is 0.381 e. The molecule has 2 N–H and O–H groups in total. The second kappa shape index (κ2) is 9.38. The number of pyridine rings is 1. The molecule has 162 valence electrons. The quantitative estimate of drug-likeness (QED) is 0.493. The number of unbranched alkanes of at least 4 members (excludes halogenated alkanes) is 1. The molecular weight excluding hydrogens is 396 g/mol. The number of piperazine rings is 1. The normalized spacial score (nSPS) is 20.4. The van der Waals surface area contributed by atoms with E-state index in [4.69, 9.17) is 9.94 Å². The lowest BCUT2D eigenvalue weighted by molar-refractivity contribution is -0.134. The van der Waals surface area contributed by atoms with Crippen LogP contribution in [0.3, 0.4) is 0 Å². The Kier molecular flexibility index (Phi) is 7.10. The fraction of sp³-hybridized carbons (Fsp3) is 0.684. The van der Waals surface area contributed by atoms with Gasteiger partial charge in [0.05, 0.1) is 0 Å². The lowest BCUT2D eigenvalue weighted by atomic mass is 9.98. The second-order valence-corrected chi connectivity index (χ2v) is 9.81. The highest BCUT2D eigenvalue weighted by Gasteiger charge is 2.54. The van der Waals surface area contributed by atoms with Crippen LogP contribution in [0, 0.1) is 0 Å². The summed E-state index contributed by atoms with van der Waals surface area (Å²) in [5.74, 6) is -0.0521. The zero-order valence-corrected chi connectivity index (χ0v) is 17.7. The highest BCUT2D eigenvalue weighted by Crippen LogP contribution is 2.33. The summed E-state index contributed by atoms with van der Waals surface area (Å²) in [7, 11) is -3.95. The SMILES string of the molecule is CCCCc1ccc(N2CCN(S(=O)(=O)C3(C(=O)NO)CCOCC3)CC2)nc1. The van der Waals surface area contributed by atoms with Gasteiger partial charge in [-0.05, 0) is 24.5 Å². The van der Waals surface area contributed by atoms with Gasteiger partial charge in [-0.1, -0.05) is 19.4 Å². The number of carbonyl (C=O) groups is 1. The predicted octanol–water partition coefficient (Wildman–Crippen LogP) is 0.931. The van der Waals surface area contributed by atoms with Crippen LogP contribution in [0.1, 0.15) is 38.2 Å². The molecule has 2 saturated heterocycles. The molecule has 1 aromatic rings. The first-order valence-corrected chi connectivity index (χ1v) is 11.6. The Balaban J connectivity index is 1.68. The molecule has 1 aromatic heterocycles. The molecule has 0 spiro atoms. The van der Waals surface area contributed by atoms with E-state index in [0.717, 1.165) is 25.1 Å². The third kappa shape index (κ3) is 4.40. The summed E-state index contributed by atoms with van der Waals surface area (Å²) in [5.41, 5.74) is 2.76. The summed E-state index contributed by atoms with van der Waals surface area (Å²) in [4.78, 5) is 18.9. The predicted molar refractivity (Wildman–Crippen MR) is 108 cm³/mol. The summed E-state index contributed by atoms with van der Waals surface area (Å²) < 4.78 is 31.6. The molecule has 0 unspecified atom stereocenters. The van der Waals surface area contributed by atoms with E-state index in [1.807, 2.05) is 12.3 Å². The van der Waals surface area contributed by atoms with Crippen molar-refractivity contribution in [3.8, 4) is 0 Å². The minimum atomic E-state index is -3.95. The van der Waals surface area contributed by atoms with E-state index in [0.29, 0.717) is 13.1 Å². The molecule has 3 rings (SSSR count). The molecular formula is C19H30N4O5S. The average molecular weight is 427 g/mol. The number of hydroxylamine groups is 1. The lowest BCUT2D eigenvalue weighted by Gasteiger charge is -2.41. The van der Waals surface area contributed by atoms with Crippen molar-refractivity contribution in [2.75, 3.05) is 44.3 Å². The molecule has 0 radical (unpaired) electrons. The summed E-state index contributed by atoms with van der Waals surface area (Å²) in [6.07, 6.45) is 5.22. The minimum absolute atomic E-state index is 0.0305. The fourth-order valence-electron chi connectivity index (χ4n) is 3.94. The molecule has 2 aliphatic rings. The Morgan fingerprint density at radius 1 is 1.24 bits per heavy atom. The first kappa shape index (κ1) is 21.9. The Hall–Kier alpha value is -1.75. The smallest absolute Gasteiger partial charge is 0.266 e. The van der Waals surface area contributed by atoms with Gasteiger partial charge in [0, 0.05) is 58.4 Å². The number of anilines is 1. The minimum Gasteiger partial charge on any atom is -0.381 e. The number of sulfonamides is 1. The van der Waals surface area contributed by atoms with Gasteiger partial charge >= 0.3 is 0 Å². The molecule has 29 heavy (non-hydrogen) atoms. The third-order valence-corrected chi connectivity index (χ3v) is 8.47. The van der Waals surface area contributed by atoms with Gasteiger partial charge in [-0.15, -0.1) is 0 Å². The van der Waals surface area contributed by atoms with Gasteiger partial charge in [0.15, 0.2) is 4.75 Å². The van der Waals surface area contributed by atoms with Crippen molar-refractivity contribution in [3.05, 3.63) is 23.9 Å². The highest BCUT2D eigenvalue weighted by atomic mass is 32.2. The molecule has 2 fully saturated rings. The van der Waals surface area contributed by atoms with Crippen molar-refractivity contribution in [1.82, 2.24) is 14.8 Å². The molecule has 3 heterocycles. The van der Waals surface area contributed by atoms with Gasteiger partial charge in [0.25, 0.3) is 5.91 Å². The number of carbonyl (C=O) groups excluding carboxylic acids is 1. The Morgan fingerprint density at radius 3 is 2.48 bits per heavy atom. The van der Waals surface area contributed by atoms with Crippen LogP contribution in [-0.2, 0) is 26.0 Å². The van der Waals surface area contributed by atoms with Crippen molar-refractivity contribution in [1.29, 1.82) is 0 Å². The lowest BCUT2D eigenvalue weighted by Crippen LogP contribution is -2.62. The standard InChI is InChI=1S/C19H30N4O5S/c1-2-3-4-16-5-6-17(20-15-16)22-9-11-23(12-10-22)29(26,27)19(18(24)21-25)7-13-28-14-8-19/h5-6,15,25H,2-4,7-14H2,1H3,(H,21,24). The number of hydrogen-bond donors (Lipinski definition) is 2. The zero-order chi connectivity index (χ0) is 20.9. The second-order valence-electron chi connectivity index (χ2n) is 7.57. The Bertz CT molecular complexity index is 785. The van der Waals surface area contributed by atoms with Crippen molar-refractivity contribution in [2.24, 2.45) is 0 Å². The number of amides is 1. The van der Waals surface area contributed by atoms with Gasteiger partial charge in [0.2, 0.25) is 10.0 Å². The molecule has 1 amide bonds. The van der Waals surface area contributed by atoms with E-state index >= 15 is 0 Å². The molecule has 2 aliphatic heterocycles. The number of nitrogens with zero attached hydrogens (tertiary/aromatic N) is 3. The fourth-order valence-corrected chi connectivity index (χ4v) is 6.04. The first-order valence-electron chi connectivity index (χ1n) is 10.2. The number of ether oxygens (including phenoxy) is 1. The highest BCUT2D eigenvalue weighted by molar-refractivity contribution is 7.91. The maximum absolute atomic E-state index is 13.3. The Labute approximate surface area is 172 Å². The van der Waals surface area contributed by atoms with Crippen molar-refractivity contribution in [3.63, 3.8) is 0 Å². The van der Waals surface area contributed by atoms with Crippen molar-refractivity contribution < 1.29 is 23.2 Å². The topological polar surface area (TPSA) is 112 Å². The van der Waals surface area contributed by atoms with Gasteiger partial charge in [0.1, 0.15) is 5.82 Å². The van der Waals surface area contributed by atoms with Gasteiger partial charge in [-0.2, -0.15) is 4.31 Å². The molecule has 0 bridgehead atoms. The van der Waals surface area contributed by atoms with Gasteiger partial charge < -0.3 is 9.64 Å². The average Bonchev–Trinajstić information content (AvgIpc) is 2.78. The maximum atomic E-state index is 13.3. The molecule has 0 aromatic carbocycles. The van der Waals surface area contributed by atoms with E-state index in [1.54, 1.807) is 5.48 Å². The van der Waals surface area contributed by atoms with Crippen LogP contribution >= 0.6 is 0 Å². The van der Waals surface area contributed by atoms with Crippen LogP contribution in [0.25, 0.3) is 0 Å². The summed E-state index contributed by atoms with van der Waals surface area (Å²) in [6.45, 7) is 4.01. The molecule has 9 nitrogen and oxygen atoms in total. The number of aromatic nitrogens is 1. The molecule has 10 heteroatoms. The summed E-state index contributed by atoms with van der Waals surface area (Å²) in [6, 6.07) is 4.05. The van der Waals surface area contributed by atoms with Crippen molar-refractivity contribution in [2.45, 2.75) is 43.8 Å². The summed E-state index contributed by atoms with van der Waals surface area (Å²) in [5, 5.41) is 9.14. The van der Waals surface area contributed by atoms with Crippen LogP contribution in [0.5, 0.6) is 0 Å². The third-order valence-electron chi connectivity index (χ3n) is 5.84. The van der Waals surface area contributed by atoms with Gasteiger partial charge in [-0.3, -0.25) is 10.0 Å². The Morgan fingerprint density at radius 2 is 1.93 bits per heavy atom. The van der Waals surface area contributed by atoms with Crippen LogP contribution in [-0.4, -0.2) is 73.0 Å². The van der Waals surface area contributed by atoms with E-state index in [-0.39, 0.29) is 39.1 Å². The number of aryl methyl sites for hydroxylation is 1.